The number of hydrogen-bond donors (Lipinski definition) is 3. The molecule has 6 nitrogen and oxygen atoms in total. The van der Waals surface area contributed by atoms with Gasteiger partial charge in [-0.05, 0) is 38.5 Å². The summed E-state index contributed by atoms with van der Waals surface area (Å²) in [5, 5.41) is 8.22. The minimum Gasteiger partial charge on any atom is -0.444 e. The van der Waals surface area contributed by atoms with Crippen LogP contribution in [0.25, 0.3) is 0 Å². The number of urea groups is 1. The van der Waals surface area contributed by atoms with Crippen LogP contribution in [0, 0.1) is 0 Å². The molecule has 0 aliphatic carbocycles. The molecule has 0 spiro atoms. The van der Waals surface area contributed by atoms with Crippen LogP contribution in [0.5, 0.6) is 0 Å². The first kappa shape index (κ1) is 15.2. The Morgan fingerprint density at radius 2 is 1.76 bits per heavy atom. The van der Waals surface area contributed by atoms with Crippen molar-refractivity contribution in [2.45, 2.75) is 32.3 Å². The van der Waals surface area contributed by atoms with Gasteiger partial charge in [0, 0.05) is 24.7 Å². The van der Waals surface area contributed by atoms with Crippen molar-refractivity contribution < 1.29 is 14.3 Å². The molecule has 1 aromatic carbocycles. The van der Waals surface area contributed by atoms with Crippen molar-refractivity contribution in [3.63, 3.8) is 0 Å². The van der Waals surface area contributed by atoms with E-state index in [1.165, 1.54) is 0 Å². The maximum Gasteiger partial charge on any atom is 0.412 e. The number of ether oxygens (including phenoxy) is 1. The lowest BCUT2D eigenvalue weighted by Crippen LogP contribution is -2.47. The first-order valence-electron chi connectivity index (χ1n) is 6.95. The predicted molar refractivity (Wildman–Crippen MR) is 80.4 cm³/mol. The van der Waals surface area contributed by atoms with Gasteiger partial charge in [0.05, 0.1) is 0 Å². The first-order chi connectivity index (χ1) is 9.83. The van der Waals surface area contributed by atoms with Gasteiger partial charge in [-0.15, -0.1) is 0 Å². The minimum absolute atomic E-state index is 0.130. The van der Waals surface area contributed by atoms with Gasteiger partial charge in [-0.25, -0.2) is 9.59 Å². The summed E-state index contributed by atoms with van der Waals surface area (Å²) < 4.78 is 5.19. The van der Waals surface area contributed by atoms with Crippen LogP contribution >= 0.6 is 0 Å². The summed E-state index contributed by atoms with van der Waals surface area (Å²) in [5.41, 5.74) is 1.27. The molecule has 21 heavy (non-hydrogen) atoms. The Hall–Kier alpha value is -2.24. The van der Waals surface area contributed by atoms with Crippen LogP contribution in [-0.4, -0.2) is 30.8 Å². The molecule has 114 valence electrons. The first-order valence-corrected chi connectivity index (χ1v) is 6.95. The Bertz CT molecular complexity index is 510. The average Bonchev–Trinajstić information content (AvgIpc) is 2.38. The van der Waals surface area contributed by atoms with E-state index >= 15 is 0 Å². The Morgan fingerprint density at radius 3 is 2.29 bits per heavy atom. The summed E-state index contributed by atoms with van der Waals surface area (Å²) in [6.45, 7) is 6.69. The largest absolute Gasteiger partial charge is 0.444 e. The summed E-state index contributed by atoms with van der Waals surface area (Å²) in [6, 6.07) is 7.41. The van der Waals surface area contributed by atoms with Crippen molar-refractivity contribution in [1.29, 1.82) is 0 Å². The molecule has 3 amide bonds. The Labute approximate surface area is 124 Å². The van der Waals surface area contributed by atoms with Crippen molar-refractivity contribution in [1.82, 2.24) is 10.6 Å². The third kappa shape index (κ3) is 4.66. The zero-order chi connectivity index (χ0) is 15.5. The normalized spacial score (nSPS) is 15.9. The van der Waals surface area contributed by atoms with Crippen molar-refractivity contribution >= 4 is 17.8 Å². The van der Waals surface area contributed by atoms with E-state index in [-0.39, 0.29) is 11.9 Å². The number of benzene rings is 1. The highest BCUT2D eigenvalue weighted by molar-refractivity contribution is 5.84. The highest BCUT2D eigenvalue weighted by Gasteiger charge is 2.19. The van der Waals surface area contributed by atoms with Gasteiger partial charge >= 0.3 is 12.1 Å². The van der Waals surface area contributed by atoms with Crippen LogP contribution in [0.15, 0.2) is 24.3 Å². The zero-order valence-corrected chi connectivity index (χ0v) is 12.5. The SMILES string of the molecule is CC(C)(C)OC(=O)Nc1ccc(C2CNC(=O)NC2)cc1. The van der Waals surface area contributed by atoms with Crippen molar-refractivity contribution in [3.05, 3.63) is 29.8 Å². The summed E-state index contributed by atoms with van der Waals surface area (Å²) in [6.07, 6.45) is -0.471. The fraction of sp³-hybridized carbons (Fsp3) is 0.467. The molecule has 6 heteroatoms. The van der Waals surface area contributed by atoms with E-state index in [0.717, 1.165) is 5.56 Å². The van der Waals surface area contributed by atoms with Crippen molar-refractivity contribution in [3.8, 4) is 0 Å². The lowest BCUT2D eigenvalue weighted by atomic mass is 9.97. The Balaban J connectivity index is 1.93. The Morgan fingerprint density at radius 1 is 1.19 bits per heavy atom. The summed E-state index contributed by atoms with van der Waals surface area (Å²) in [5.74, 6) is 0.235. The molecule has 3 N–H and O–H groups in total. The molecule has 1 aromatic rings. The lowest BCUT2D eigenvalue weighted by molar-refractivity contribution is 0.0636. The number of anilines is 1. The highest BCUT2D eigenvalue weighted by Crippen LogP contribution is 2.19. The fourth-order valence-electron chi connectivity index (χ4n) is 2.06. The molecule has 0 saturated carbocycles. The number of nitrogens with one attached hydrogen (secondary N) is 3. The van der Waals surface area contributed by atoms with Gasteiger partial charge in [0.25, 0.3) is 0 Å². The van der Waals surface area contributed by atoms with Crippen LogP contribution in [0.2, 0.25) is 0 Å². The number of carbonyl (C=O) groups is 2. The van der Waals surface area contributed by atoms with Crippen LogP contribution < -0.4 is 16.0 Å². The number of carbonyl (C=O) groups excluding carboxylic acids is 2. The van der Waals surface area contributed by atoms with Gasteiger partial charge in [0.1, 0.15) is 5.60 Å². The second-order valence-electron chi connectivity index (χ2n) is 6.04. The second-order valence-corrected chi connectivity index (χ2v) is 6.04. The predicted octanol–water partition coefficient (Wildman–Crippen LogP) is 2.43. The molecule has 1 saturated heterocycles. The standard InChI is InChI=1S/C15H21N3O3/c1-15(2,3)21-14(20)18-12-6-4-10(5-7-12)11-8-16-13(19)17-9-11/h4-7,11H,8-9H2,1-3H3,(H,18,20)(H2,16,17,19). The smallest absolute Gasteiger partial charge is 0.412 e. The molecule has 1 fully saturated rings. The van der Waals surface area contributed by atoms with E-state index in [1.807, 2.05) is 45.0 Å². The molecular formula is C15H21N3O3. The van der Waals surface area contributed by atoms with Crippen molar-refractivity contribution in [2.24, 2.45) is 0 Å². The topological polar surface area (TPSA) is 79.5 Å². The van der Waals surface area contributed by atoms with Crippen LogP contribution in [-0.2, 0) is 4.74 Å². The molecular weight excluding hydrogens is 270 g/mol. The quantitative estimate of drug-likeness (QED) is 0.783. The van der Waals surface area contributed by atoms with Gasteiger partial charge in [0.15, 0.2) is 0 Å². The van der Waals surface area contributed by atoms with E-state index < -0.39 is 11.7 Å². The molecule has 0 radical (unpaired) electrons. The molecule has 0 atom stereocenters. The van der Waals surface area contributed by atoms with E-state index in [1.54, 1.807) is 0 Å². The molecule has 0 bridgehead atoms. The minimum atomic E-state index is -0.518. The summed E-state index contributed by atoms with van der Waals surface area (Å²) in [4.78, 5) is 22.7. The average molecular weight is 291 g/mol. The third-order valence-corrected chi connectivity index (χ3v) is 3.05. The van der Waals surface area contributed by atoms with E-state index in [0.29, 0.717) is 18.8 Å². The Kier molecular flexibility index (Phi) is 4.35. The molecule has 1 heterocycles. The van der Waals surface area contributed by atoms with Crippen LogP contribution in [0.1, 0.15) is 32.3 Å². The second kappa shape index (κ2) is 6.03. The molecule has 1 aliphatic rings. The maximum atomic E-state index is 11.7. The van der Waals surface area contributed by atoms with Crippen LogP contribution in [0.4, 0.5) is 15.3 Å². The van der Waals surface area contributed by atoms with Gasteiger partial charge in [-0.1, -0.05) is 12.1 Å². The highest BCUT2D eigenvalue weighted by atomic mass is 16.6. The number of hydrogen-bond acceptors (Lipinski definition) is 3. The third-order valence-electron chi connectivity index (χ3n) is 3.05. The molecule has 0 aromatic heterocycles. The maximum absolute atomic E-state index is 11.7. The monoisotopic (exact) mass is 291 g/mol. The molecule has 2 rings (SSSR count). The van der Waals surface area contributed by atoms with Gasteiger partial charge < -0.3 is 15.4 Å². The number of amides is 3. The van der Waals surface area contributed by atoms with E-state index in [9.17, 15) is 9.59 Å². The fourth-order valence-corrected chi connectivity index (χ4v) is 2.06. The number of rotatable bonds is 2. The van der Waals surface area contributed by atoms with Gasteiger partial charge in [-0.2, -0.15) is 0 Å². The van der Waals surface area contributed by atoms with Gasteiger partial charge in [0.2, 0.25) is 0 Å². The zero-order valence-electron chi connectivity index (χ0n) is 12.5. The molecule has 0 unspecified atom stereocenters. The van der Waals surface area contributed by atoms with Gasteiger partial charge in [-0.3, -0.25) is 5.32 Å². The van der Waals surface area contributed by atoms with E-state index in [4.69, 9.17) is 4.74 Å². The van der Waals surface area contributed by atoms with E-state index in [2.05, 4.69) is 16.0 Å². The summed E-state index contributed by atoms with van der Waals surface area (Å²) in [7, 11) is 0. The lowest BCUT2D eigenvalue weighted by Gasteiger charge is -2.24. The van der Waals surface area contributed by atoms with Crippen molar-refractivity contribution in [2.75, 3.05) is 18.4 Å². The molecule has 1 aliphatic heterocycles. The summed E-state index contributed by atoms with van der Waals surface area (Å²) >= 11 is 0. The van der Waals surface area contributed by atoms with Crippen LogP contribution in [0.3, 0.4) is 0 Å².